The van der Waals surface area contributed by atoms with Crippen LogP contribution in [-0.2, 0) is 0 Å². The van der Waals surface area contributed by atoms with Gasteiger partial charge in [0.05, 0.1) is 10.5 Å². The molecule has 6 nitrogen and oxygen atoms in total. The monoisotopic (exact) mass is 351 g/mol. The zero-order valence-corrected chi connectivity index (χ0v) is 12.7. The van der Waals surface area contributed by atoms with Crippen LogP contribution in [0.25, 0.3) is 0 Å². The number of carbonyl (C=O) groups is 1. The lowest BCUT2D eigenvalue weighted by Gasteiger charge is -2.07. The van der Waals surface area contributed by atoms with Crippen molar-refractivity contribution in [1.29, 1.82) is 0 Å². The molecule has 0 saturated heterocycles. The van der Waals surface area contributed by atoms with Gasteiger partial charge in [0.25, 0.3) is 11.6 Å². The Morgan fingerprint density at radius 1 is 1.42 bits per heavy atom. The summed E-state index contributed by atoms with van der Waals surface area (Å²) in [6.07, 6.45) is 0. The highest BCUT2D eigenvalue weighted by Crippen LogP contribution is 2.22. The molecule has 2 N–H and O–H groups in total. The standard InChI is InChI=1S/C11H14BrN3O3.ClH/c1-2-13-5-6-14-11(16)9-4-3-8(15(17)18)7-10(9)12;/h3-4,7,13H,2,5-6H2,1H3,(H,14,16);1H. The van der Waals surface area contributed by atoms with Crippen LogP contribution in [0.5, 0.6) is 0 Å². The number of likely N-dealkylation sites (N-methyl/N-ethyl adjacent to an activating group) is 1. The highest BCUT2D eigenvalue weighted by Gasteiger charge is 2.13. The van der Waals surface area contributed by atoms with Crippen LogP contribution in [0.15, 0.2) is 22.7 Å². The van der Waals surface area contributed by atoms with Gasteiger partial charge in [-0.2, -0.15) is 0 Å². The number of hydrogen-bond donors (Lipinski definition) is 2. The van der Waals surface area contributed by atoms with Crippen molar-refractivity contribution in [1.82, 2.24) is 10.6 Å². The molecule has 0 radical (unpaired) electrons. The van der Waals surface area contributed by atoms with Crippen molar-refractivity contribution in [2.24, 2.45) is 0 Å². The van der Waals surface area contributed by atoms with Crippen LogP contribution in [0.3, 0.4) is 0 Å². The van der Waals surface area contributed by atoms with Crippen molar-refractivity contribution in [3.63, 3.8) is 0 Å². The van der Waals surface area contributed by atoms with Gasteiger partial charge in [-0.15, -0.1) is 12.4 Å². The molecule has 0 aliphatic carbocycles. The Morgan fingerprint density at radius 2 is 2.11 bits per heavy atom. The lowest BCUT2D eigenvalue weighted by molar-refractivity contribution is -0.384. The Kier molecular flexibility index (Phi) is 8.29. The Morgan fingerprint density at radius 3 is 2.63 bits per heavy atom. The summed E-state index contributed by atoms with van der Waals surface area (Å²) in [7, 11) is 0. The van der Waals surface area contributed by atoms with E-state index in [-0.39, 0.29) is 24.0 Å². The lowest BCUT2D eigenvalue weighted by atomic mass is 10.2. The molecule has 1 aromatic rings. The van der Waals surface area contributed by atoms with Gasteiger partial charge in [0.2, 0.25) is 0 Å². The van der Waals surface area contributed by atoms with E-state index in [0.717, 1.165) is 6.54 Å². The van der Waals surface area contributed by atoms with Crippen LogP contribution < -0.4 is 10.6 Å². The first kappa shape index (κ1) is 17.8. The van der Waals surface area contributed by atoms with Gasteiger partial charge >= 0.3 is 0 Å². The molecule has 1 rings (SSSR count). The highest BCUT2D eigenvalue weighted by atomic mass is 79.9. The fraction of sp³-hybridized carbons (Fsp3) is 0.364. The number of hydrogen-bond acceptors (Lipinski definition) is 4. The molecule has 0 bridgehead atoms. The third-order valence-corrected chi connectivity index (χ3v) is 2.90. The predicted molar refractivity (Wildman–Crippen MR) is 78.9 cm³/mol. The molecule has 0 atom stereocenters. The van der Waals surface area contributed by atoms with Crippen molar-refractivity contribution in [3.8, 4) is 0 Å². The molecule has 0 heterocycles. The van der Waals surface area contributed by atoms with E-state index in [4.69, 9.17) is 0 Å². The summed E-state index contributed by atoms with van der Waals surface area (Å²) in [6, 6.07) is 4.06. The van der Waals surface area contributed by atoms with Crippen LogP contribution in [0.1, 0.15) is 17.3 Å². The number of benzene rings is 1. The number of non-ortho nitro benzene ring substituents is 1. The first-order valence-electron chi connectivity index (χ1n) is 5.49. The van der Waals surface area contributed by atoms with Gasteiger partial charge in [0, 0.05) is 29.7 Å². The number of carbonyl (C=O) groups excluding carboxylic acids is 1. The minimum Gasteiger partial charge on any atom is -0.351 e. The molecule has 1 amide bonds. The second-order valence-electron chi connectivity index (χ2n) is 3.53. The molecule has 0 saturated carbocycles. The van der Waals surface area contributed by atoms with Crippen molar-refractivity contribution in [2.45, 2.75) is 6.92 Å². The quantitative estimate of drug-likeness (QED) is 0.466. The summed E-state index contributed by atoms with van der Waals surface area (Å²) < 4.78 is 0.414. The van der Waals surface area contributed by atoms with Crippen LogP contribution in [0, 0.1) is 10.1 Å². The summed E-state index contributed by atoms with van der Waals surface area (Å²) in [5, 5.41) is 16.4. The Bertz CT molecular complexity index is 457. The fourth-order valence-electron chi connectivity index (χ4n) is 1.34. The van der Waals surface area contributed by atoms with Crippen LogP contribution in [0.4, 0.5) is 5.69 Å². The molecule has 0 fully saturated rings. The maximum Gasteiger partial charge on any atom is 0.270 e. The van der Waals surface area contributed by atoms with Gasteiger partial charge < -0.3 is 10.6 Å². The molecule has 0 aliphatic heterocycles. The number of amides is 1. The molecule has 106 valence electrons. The maximum absolute atomic E-state index is 11.8. The smallest absolute Gasteiger partial charge is 0.270 e. The predicted octanol–water partition coefficient (Wildman–Crippen LogP) is 2.12. The molecule has 0 aromatic heterocycles. The summed E-state index contributed by atoms with van der Waals surface area (Å²) in [5.41, 5.74) is 0.336. The second-order valence-corrected chi connectivity index (χ2v) is 4.39. The number of nitrogens with one attached hydrogen (secondary N) is 2. The summed E-state index contributed by atoms with van der Waals surface area (Å²) in [5.74, 6) is -0.255. The molecule has 0 aliphatic rings. The van der Waals surface area contributed by atoms with Crippen LogP contribution >= 0.6 is 28.3 Å². The number of nitrogens with zero attached hydrogens (tertiary/aromatic N) is 1. The van der Waals surface area contributed by atoms with Gasteiger partial charge in [-0.25, -0.2) is 0 Å². The third kappa shape index (κ3) is 5.54. The summed E-state index contributed by atoms with van der Waals surface area (Å²) in [4.78, 5) is 21.8. The van der Waals surface area contributed by atoms with E-state index >= 15 is 0 Å². The second kappa shape index (κ2) is 8.84. The zero-order valence-electron chi connectivity index (χ0n) is 10.3. The fourth-order valence-corrected chi connectivity index (χ4v) is 1.88. The summed E-state index contributed by atoms with van der Waals surface area (Å²) >= 11 is 3.16. The normalized spacial score (nSPS) is 9.58. The molecule has 8 heteroatoms. The Hall–Kier alpha value is -1.18. The van der Waals surface area contributed by atoms with E-state index in [1.807, 2.05) is 6.92 Å². The van der Waals surface area contributed by atoms with Crippen LogP contribution in [0.2, 0.25) is 0 Å². The molecule has 1 aromatic carbocycles. The summed E-state index contributed by atoms with van der Waals surface area (Å²) in [6.45, 7) is 4.02. The van der Waals surface area contributed by atoms with E-state index in [2.05, 4.69) is 26.6 Å². The first-order chi connectivity index (χ1) is 8.56. The van der Waals surface area contributed by atoms with E-state index in [9.17, 15) is 14.9 Å². The number of nitro benzene ring substituents is 1. The van der Waals surface area contributed by atoms with Gasteiger partial charge in [0.15, 0.2) is 0 Å². The third-order valence-electron chi connectivity index (χ3n) is 2.25. The largest absolute Gasteiger partial charge is 0.351 e. The molecule has 0 unspecified atom stereocenters. The van der Waals surface area contributed by atoms with E-state index in [0.29, 0.717) is 23.1 Å². The number of nitro groups is 1. The first-order valence-corrected chi connectivity index (χ1v) is 6.28. The Balaban J connectivity index is 0.00000324. The van der Waals surface area contributed by atoms with Crippen molar-refractivity contribution in [2.75, 3.05) is 19.6 Å². The minimum absolute atomic E-state index is 0. The SMILES string of the molecule is CCNCCNC(=O)c1ccc([N+](=O)[O-])cc1Br.Cl. The lowest BCUT2D eigenvalue weighted by Crippen LogP contribution is -2.31. The van der Waals surface area contributed by atoms with Crippen molar-refractivity contribution in [3.05, 3.63) is 38.3 Å². The van der Waals surface area contributed by atoms with E-state index in [1.54, 1.807) is 0 Å². The average molecular weight is 353 g/mol. The molecular weight excluding hydrogens is 337 g/mol. The average Bonchev–Trinajstić information content (AvgIpc) is 2.34. The van der Waals surface area contributed by atoms with Crippen LogP contribution in [-0.4, -0.2) is 30.5 Å². The van der Waals surface area contributed by atoms with E-state index in [1.165, 1.54) is 18.2 Å². The van der Waals surface area contributed by atoms with Gasteiger partial charge in [-0.05, 0) is 28.5 Å². The molecular formula is C11H15BrClN3O3. The van der Waals surface area contributed by atoms with Gasteiger partial charge in [-0.3, -0.25) is 14.9 Å². The van der Waals surface area contributed by atoms with Crippen molar-refractivity contribution >= 4 is 39.9 Å². The molecule has 0 spiro atoms. The number of rotatable bonds is 6. The Labute approximate surface area is 125 Å². The maximum atomic E-state index is 11.8. The van der Waals surface area contributed by atoms with Gasteiger partial charge in [-0.1, -0.05) is 6.92 Å². The van der Waals surface area contributed by atoms with Crippen molar-refractivity contribution < 1.29 is 9.72 Å². The van der Waals surface area contributed by atoms with E-state index < -0.39 is 4.92 Å². The van der Waals surface area contributed by atoms with Gasteiger partial charge in [0.1, 0.15) is 0 Å². The highest BCUT2D eigenvalue weighted by molar-refractivity contribution is 9.10. The molecule has 19 heavy (non-hydrogen) atoms. The minimum atomic E-state index is -0.502. The topological polar surface area (TPSA) is 84.3 Å². The number of halogens is 2. The zero-order chi connectivity index (χ0) is 13.5.